The lowest BCUT2D eigenvalue weighted by molar-refractivity contribution is 0.0697. The number of carboxylic acid groups (broad SMARTS) is 1. The molecule has 0 aliphatic rings. The molecule has 100 valence electrons. The zero-order valence-electron chi connectivity index (χ0n) is 9.93. The first-order chi connectivity index (χ1) is 9.54. The van der Waals surface area contributed by atoms with Gasteiger partial charge in [-0.2, -0.15) is 0 Å². The van der Waals surface area contributed by atoms with Crippen molar-refractivity contribution >= 4 is 48.9 Å². The number of aromatic carboxylic acids is 1. The first kappa shape index (κ1) is 13.3. The van der Waals surface area contributed by atoms with Crippen LogP contribution in [0.1, 0.15) is 10.4 Å². The molecule has 4 nitrogen and oxygen atoms in total. The molecular formula is C14H7Br2NO3. The number of hydrogen-bond acceptors (Lipinski definition) is 3. The molecule has 1 heterocycles. The van der Waals surface area contributed by atoms with Gasteiger partial charge >= 0.3 is 5.97 Å². The molecule has 3 aromatic rings. The summed E-state index contributed by atoms with van der Waals surface area (Å²) in [6.07, 6.45) is 0. The molecule has 0 amide bonds. The topological polar surface area (TPSA) is 63.3 Å². The summed E-state index contributed by atoms with van der Waals surface area (Å²) in [5.41, 5.74) is 2.07. The molecule has 0 bridgehead atoms. The van der Waals surface area contributed by atoms with Crippen molar-refractivity contribution in [2.75, 3.05) is 0 Å². The lowest BCUT2D eigenvalue weighted by Gasteiger charge is -1.99. The van der Waals surface area contributed by atoms with Gasteiger partial charge in [0.25, 0.3) is 0 Å². The van der Waals surface area contributed by atoms with E-state index in [4.69, 9.17) is 9.52 Å². The van der Waals surface area contributed by atoms with E-state index in [1.807, 2.05) is 18.2 Å². The van der Waals surface area contributed by atoms with E-state index >= 15 is 0 Å². The van der Waals surface area contributed by atoms with E-state index in [0.29, 0.717) is 17.0 Å². The summed E-state index contributed by atoms with van der Waals surface area (Å²) in [6.45, 7) is 0. The summed E-state index contributed by atoms with van der Waals surface area (Å²) in [4.78, 5) is 15.3. The van der Waals surface area contributed by atoms with Gasteiger partial charge in [0.1, 0.15) is 5.52 Å². The zero-order valence-corrected chi connectivity index (χ0v) is 13.1. The second kappa shape index (κ2) is 5.03. The fraction of sp³-hybridized carbons (Fsp3) is 0. The highest BCUT2D eigenvalue weighted by Crippen LogP contribution is 2.32. The number of fused-ring (bicyclic) bond motifs is 1. The van der Waals surface area contributed by atoms with Crippen LogP contribution in [0.4, 0.5) is 0 Å². The fourth-order valence-corrected chi connectivity index (χ4v) is 3.06. The van der Waals surface area contributed by atoms with Crippen LogP contribution in [0.25, 0.3) is 22.6 Å². The van der Waals surface area contributed by atoms with Crippen molar-refractivity contribution < 1.29 is 14.3 Å². The van der Waals surface area contributed by atoms with E-state index in [9.17, 15) is 4.79 Å². The molecule has 0 fully saturated rings. The van der Waals surface area contributed by atoms with Crippen LogP contribution in [-0.4, -0.2) is 16.1 Å². The largest absolute Gasteiger partial charge is 0.478 e. The van der Waals surface area contributed by atoms with Gasteiger partial charge in [-0.05, 0) is 52.3 Å². The highest BCUT2D eigenvalue weighted by molar-refractivity contribution is 9.11. The van der Waals surface area contributed by atoms with Crippen molar-refractivity contribution in [3.63, 3.8) is 0 Å². The van der Waals surface area contributed by atoms with Crippen LogP contribution in [0, 0.1) is 0 Å². The molecule has 20 heavy (non-hydrogen) atoms. The third kappa shape index (κ3) is 2.36. The lowest BCUT2D eigenvalue weighted by Crippen LogP contribution is -1.94. The number of aromatic nitrogens is 1. The summed E-state index contributed by atoms with van der Waals surface area (Å²) in [5.74, 6) is -0.539. The van der Waals surface area contributed by atoms with E-state index < -0.39 is 5.97 Å². The first-order valence-electron chi connectivity index (χ1n) is 5.64. The minimum atomic E-state index is -0.985. The highest BCUT2D eigenvalue weighted by Gasteiger charge is 2.13. The van der Waals surface area contributed by atoms with Crippen LogP contribution in [0.3, 0.4) is 0 Å². The number of rotatable bonds is 2. The molecule has 0 spiro atoms. The Morgan fingerprint density at radius 2 is 1.95 bits per heavy atom. The van der Waals surface area contributed by atoms with Crippen LogP contribution in [0.15, 0.2) is 49.8 Å². The van der Waals surface area contributed by atoms with Crippen molar-refractivity contribution in [2.24, 2.45) is 0 Å². The van der Waals surface area contributed by atoms with Gasteiger partial charge in [-0.15, -0.1) is 0 Å². The van der Waals surface area contributed by atoms with Crippen LogP contribution >= 0.6 is 31.9 Å². The van der Waals surface area contributed by atoms with Gasteiger partial charge < -0.3 is 9.52 Å². The van der Waals surface area contributed by atoms with Gasteiger partial charge in [-0.1, -0.05) is 15.9 Å². The van der Waals surface area contributed by atoms with E-state index in [1.54, 1.807) is 6.07 Å². The van der Waals surface area contributed by atoms with E-state index in [0.717, 1.165) is 14.5 Å². The maximum Gasteiger partial charge on any atom is 0.335 e. The zero-order chi connectivity index (χ0) is 14.3. The fourth-order valence-electron chi connectivity index (χ4n) is 1.84. The SMILES string of the molecule is O=C(O)c1ccc2oc(-c3ccc(Br)cc3Br)nc2c1. The molecule has 0 aliphatic carbocycles. The van der Waals surface area contributed by atoms with Crippen molar-refractivity contribution in [3.8, 4) is 11.5 Å². The molecule has 2 aromatic carbocycles. The number of halogens is 2. The van der Waals surface area contributed by atoms with Gasteiger partial charge in [0.2, 0.25) is 5.89 Å². The Labute approximate surface area is 130 Å². The Kier molecular flexibility index (Phi) is 3.35. The average molecular weight is 397 g/mol. The third-order valence-electron chi connectivity index (χ3n) is 2.80. The summed E-state index contributed by atoms with van der Waals surface area (Å²) < 4.78 is 7.45. The molecule has 0 saturated carbocycles. The number of oxazole rings is 1. The quantitative estimate of drug-likeness (QED) is 0.680. The number of carboxylic acids is 1. The predicted molar refractivity (Wildman–Crippen MR) is 81.8 cm³/mol. The Hall–Kier alpha value is -1.66. The van der Waals surface area contributed by atoms with Crippen molar-refractivity contribution in [1.82, 2.24) is 4.98 Å². The number of carbonyl (C=O) groups is 1. The van der Waals surface area contributed by atoms with E-state index in [2.05, 4.69) is 36.8 Å². The maximum atomic E-state index is 10.9. The van der Waals surface area contributed by atoms with Gasteiger partial charge in [-0.3, -0.25) is 0 Å². The second-order valence-corrected chi connectivity index (χ2v) is 5.90. The smallest absolute Gasteiger partial charge is 0.335 e. The summed E-state index contributed by atoms with van der Waals surface area (Å²) in [5, 5.41) is 8.97. The number of nitrogens with zero attached hydrogens (tertiary/aromatic N) is 1. The molecule has 0 radical (unpaired) electrons. The number of hydrogen-bond donors (Lipinski definition) is 1. The van der Waals surface area contributed by atoms with Crippen LogP contribution in [0.2, 0.25) is 0 Å². The standard InChI is InChI=1S/C14H7Br2NO3/c15-8-2-3-9(10(16)6-8)13-17-11-5-7(14(18)19)1-4-12(11)20-13/h1-6H,(H,18,19). The van der Waals surface area contributed by atoms with Crippen molar-refractivity contribution in [1.29, 1.82) is 0 Å². The molecule has 0 saturated heterocycles. The molecule has 0 unspecified atom stereocenters. The molecule has 1 N–H and O–H groups in total. The molecule has 0 aliphatic heterocycles. The predicted octanol–water partition coefficient (Wildman–Crippen LogP) is 4.72. The monoisotopic (exact) mass is 395 g/mol. The van der Waals surface area contributed by atoms with E-state index in [-0.39, 0.29) is 5.56 Å². The maximum absolute atomic E-state index is 10.9. The molecule has 0 atom stereocenters. The first-order valence-corrected chi connectivity index (χ1v) is 7.22. The molecule has 1 aromatic heterocycles. The third-order valence-corrected chi connectivity index (χ3v) is 3.95. The van der Waals surface area contributed by atoms with Crippen LogP contribution in [0.5, 0.6) is 0 Å². The Morgan fingerprint density at radius 3 is 2.65 bits per heavy atom. The van der Waals surface area contributed by atoms with Crippen molar-refractivity contribution in [3.05, 3.63) is 50.9 Å². The van der Waals surface area contributed by atoms with Gasteiger partial charge in [0.15, 0.2) is 5.58 Å². The Morgan fingerprint density at radius 1 is 1.15 bits per heavy atom. The van der Waals surface area contributed by atoms with Crippen LogP contribution < -0.4 is 0 Å². The molecular weight excluding hydrogens is 390 g/mol. The highest BCUT2D eigenvalue weighted by atomic mass is 79.9. The minimum Gasteiger partial charge on any atom is -0.478 e. The number of benzene rings is 2. The summed E-state index contributed by atoms with van der Waals surface area (Å²) in [6, 6.07) is 10.3. The molecule has 6 heteroatoms. The van der Waals surface area contributed by atoms with Crippen molar-refractivity contribution in [2.45, 2.75) is 0 Å². The Bertz CT molecular complexity index is 826. The second-order valence-electron chi connectivity index (χ2n) is 4.13. The van der Waals surface area contributed by atoms with Gasteiger partial charge in [0.05, 0.1) is 11.1 Å². The average Bonchev–Trinajstić information content (AvgIpc) is 2.80. The Balaban J connectivity index is 2.15. The van der Waals surface area contributed by atoms with Gasteiger partial charge in [0, 0.05) is 8.95 Å². The summed E-state index contributed by atoms with van der Waals surface area (Å²) in [7, 11) is 0. The normalized spacial score (nSPS) is 10.9. The van der Waals surface area contributed by atoms with Crippen LogP contribution in [-0.2, 0) is 0 Å². The lowest BCUT2D eigenvalue weighted by atomic mass is 10.2. The van der Waals surface area contributed by atoms with E-state index in [1.165, 1.54) is 12.1 Å². The molecule has 3 rings (SSSR count). The van der Waals surface area contributed by atoms with Gasteiger partial charge in [-0.25, -0.2) is 9.78 Å². The minimum absolute atomic E-state index is 0.187. The summed E-state index contributed by atoms with van der Waals surface area (Å²) >= 11 is 6.84.